The first kappa shape index (κ1) is 33.7. The predicted molar refractivity (Wildman–Crippen MR) is 168 cm³/mol. The SMILES string of the molecule is CC(C)[C@@H](NS(=O)(=O)N1CCN(c2ccc(C#Cc3ccc(OCC4CCOCC4)c(C(=O)NCC#N)c3)cc2)CC1)C(=O)O. The molecule has 0 radical (unpaired) electrons. The lowest BCUT2D eigenvalue weighted by Crippen LogP contribution is -2.55. The lowest BCUT2D eigenvalue weighted by molar-refractivity contribution is -0.140. The van der Waals surface area contributed by atoms with Crippen LogP contribution in [0.2, 0.25) is 0 Å². The van der Waals surface area contributed by atoms with Gasteiger partial charge in [0.05, 0.1) is 18.2 Å². The Balaban J connectivity index is 1.39. The van der Waals surface area contributed by atoms with E-state index in [4.69, 9.17) is 14.7 Å². The number of carboxylic acids is 1. The van der Waals surface area contributed by atoms with Gasteiger partial charge in [-0.3, -0.25) is 9.59 Å². The molecule has 240 valence electrons. The smallest absolute Gasteiger partial charge is 0.322 e. The van der Waals surface area contributed by atoms with Crippen LogP contribution in [-0.2, 0) is 19.7 Å². The van der Waals surface area contributed by atoms with Crippen molar-refractivity contribution in [2.45, 2.75) is 32.7 Å². The number of nitriles is 1. The summed E-state index contributed by atoms with van der Waals surface area (Å²) < 4.78 is 40.6. The van der Waals surface area contributed by atoms with Crippen molar-refractivity contribution in [2.75, 3.05) is 57.4 Å². The summed E-state index contributed by atoms with van der Waals surface area (Å²) in [5.41, 5.74) is 2.61. The molecule has 4 rings (SSSR count). The van der Waals surface area contributed by atoms with E-state index in [1.54, 1.807) is 32.0 Å². The molecule has 0 bridgehead atoms. The van der Waals surface area contributed by atoms with Crippen LogP contribution in [0.5, 0.6) is 5.75 Å². The molecule has 2 saturated heterocycles. The minimum Gasteiger partial charge on any atom is -0.492 e. The first-order chi connectivity index (χ1) is 21.6. The van der Waals surface area contributed by atoms with Crippen molar-refractivity contribution in [3.63, 3.8) is 0 Å². The molecule has 13 heteroatoms. The van der Waals surface area contributed by atoms with E-state index in [9.17, 15) is 23.1 Å². The maximum Gasteiger partial charge on any atom is 0.322 e. The lowest BCUT2D eigenvalue weighted by atomic mass is 10.0. The number of nitrogens with one attached hydrogen (secondary N) is 2. The molecule has 2 aliphatic rings. The van der Waals surface area contributed by atoms with E-state index in [1.165, 1.54) is 4.31 Å². The third-order valence-corrected chi connectivity index (χ3v) is 9.34. The number of hydrogen-bond acceptors (Lipinski definition) is 8. The molecule has 2 fully saturated rings. The average Bonchev–Trinajstić information content (AvgIpc) is 3.05. The van der Waals surface area contributed by atoms with E-state index in [2.05, 4.69) is 26.8 Å². The summed E-state index contributed by atoms with van der Waals surface area (Å²) in [6, 6.07) is 13.5. The van der Waals surface area contributed by atoms with Gasteiger partial charge in [-0.2, -0.15) is 22.7 Å². The van der Waals surface area contributed by atoms with Gasteiger partial charge >= 0.3 is 5.97 Å². The lowest BCUT2D eigenvalue weighted by Gasteiger charge is -2.36. The van der Waals surface area contributed by atoms with E-state index in [0.717, 1.165) is 24.1 Å². The zero-order valence-electron chi connectivity index (χ0n) is 25.5. The summed E-state index contributed by atoms with van der Waals surface area (Å²) in [5.74, 6) is 5.00. The van der Waals surface area contributed by atoms with Crippen LogP contribution < -0.4 is 19.7 Å². The fourth-order valence-corrected chi connectivity index (χ4v) is 6.53. The Hall–Kier alpha value is -4.14. The van der Waals surface area contributed by atoms with Crippen molar-refractivity contribution in [1.29, 1.82) is 5.26 Å². The largest absolute Gasteiger partial charge is 0.492 e. The van der Waals surface area contributed by atoms with Crippen LogP contribution >= 0.6 is 0 Å². The van der Waals surface area contributed by atoms with Crippen molar-refractivity contribution in [3.05, 3.63) is 59.2 Å². The molecule has 1 amide bonds. The van der Waals surface area contributed by atoms with E-state index in [-0.39, 0.29) is 19.6 Å². The molecule has 0 aromatic heterocycles. The molecule has 12 nitrogen and oxygen atoms in total. The molecule has 0 saturated carbocycles. The number of amides is 1. The Bertz CT molecular complexity index is 1550. The molecule has 1 atom stereocenters. The second kappa shape index (κ2) is 15.7. The van der Waals surface area contributed by atoms with E-state index in [0.29, 0.717) is 55.7 Å². The van der Waals surface area contributed by atoms with Crippen molar-refractivity contribution >= 4 is 27.8 Å². The number of hydrogen-bond donors (Lipinski definition) is 3. The van der Waals surface area contributed by atoms with Crippen molar-refractivity contribution < 1.29 is 32.6 Å². The molecule has 0 spiro atoms. The number of carbonyl (C=O) groups excluding carboxylic acids is 1. The summed E-state index contributed by atoms with van der Waals surface area (Å²) in [6.07, 6.45) is 1.81. The van der Waals surface area contributed by atoms with Crippen molar-refractivity contribution in [2.24, 2.45) is 11.8 Å². The van der Waals surface area contributed by atoms with E-state index in [1.807, 2.05) is 30.3 Å². The summed E-state index contributed by atoms with van der Waals surface area (Å²) in [5, 5.41) is 20.8. The standard InChI is InChI=1S/C32H39N5O7S/c1-23(2)30(32(39)40)35-45(41,42)37-17-15-36(16-18-37)27-8-5-24(6-9-27)3-4-25-7-10-29(28(21-25)31(38)34-14-13-33)44-22-26-11-19-43-20-12-26/h5-10,21,23,26,30,35H,11-12,14-20,22H2,1-2H3,(H,34,38)(H,39,40)/t30-/m1/s1. The van der Waals surface area contributed by atoms with E-state index >= 15 is 0 Å². The summed E-state index contributed by atoms with van der Waals surface area (Å²) in [7, 11) is -3.94. The quantitative estimate of drug-likeness (QED) is 0.248. The summed E-state index contributed by atoms with van der Waals surface area (Å²) >= 11 is 0. The zero-order valence-corrected chi connectivity index (χ0v) is 26.3. The highest BCUT2D eigenvalue weighted by atomic mass is 32.2. The zero-order chi connectivity index (χ0) is 32.4. The van der Waals surface area contributed by atoms with Crippen molar-refractivity contribution in [1.82, 2.24) is 14.3 Å². The molecule has 45 heavy (non-hydrogen) atoms. The molecular formula is C32H39N5O7S. The highest BCUT2D eigenvalue weighted by Gasteiger charge is 2.33. The minimum absolute atomic E-state index is 0.119. The monoisotopic (exact) mass is 637 g/mol. The van der Waals surface area contributed by atoms with Crippen LogP contribution in [0, 0.1) is 35.0 Å². The van der Waals surface area contributed by atoms with Crippen LogP contribution in [0.25, 0.3) is 0 Å². The van der Waals surface area contributed by atoms with Gasteiger partial charge in [-0.1, -0.05) is 25.7 Å². The van der Waals surface area contributed by atoms with Crippen molar-refractivity contribution in [3.8, 4) is 23.7 Å². The third-order valence-electron chi connectivity index (χ3n) is 7.74. The van der Waals surface area contributed by atoms with Crippen LogP contribution in [-0.4, -0.2) is 88.3 Å². The molecule has 2 heterocycles. The Kier molecular flexibility index (Phi) is 11.8. The highest BCUT2D eigenvalue weighted by molar-refractivity contribution is 7.87. The number of anilines is 1. The Labute approximate surface area is 264 Å². The Morgan fingerprint density at radius 3 is 2.31 bits per heavy atom. The molecule has 2 aromatic rings. The number of aliphatic carboxylic acids is 1. The Morgan fingerprint density at radius 2 is 1.69 bits per heavy atom. The summed E-state index contributed by atoms with van der Waals surface area (Å²) in [6.45, 7) is 6.41. The number of piperazine rings is 1. The summed E-state index contributed by atoms with van der Waals surface area (Å²) in [4.78, 5) is 26.3. The molecular weight excluding hydrogens is 598 g/mol. The van der Waals surface area contributed by atoms with Gasteiger partial charge in [-0.25, -0.2) is 0 Å². The Morgan fingerprint density at radius 1 is 1.04 bits per heavy atom. The number of nitrogens with zero attached hydrogens (tertiary/aromatic N) is 3. The molecule has 3 N–H and O–H groups in total. The van der Waals surface area contributed by atoms with Gasteiger partial charge in [-0.05, 0) is 67.1 Å². The molecule has 2 aliphatic heterocycles. The average molecular weight is 638 g/mol. The van der Waals surface area contributed by atoms with Gasteiger partial charge in [0.15, 0.2) is 0 Å². The fourth-order valence-electron chi connectivity index (χ4n) is 5.04. The number of rotatable bonds is 11. The topological polar surface area (TPSA) is 161 Å². The van der Waals surface area contributed by atoms with Gasteiger partial charge in [0.25, 0.3) is 16.1 Å². The normalized spacial score (nSPS) is 16.7. The molecule has 2 aromatic carbocycles. The number of benzene rings is 2. The van der Waals surface area contributed by atoms with Gasteiger partial charge in [0.1, 0.15) is 18.3 Å². The minimum atomic E-state index is -3.94. The van der Waals surface area contributed by atoms with Gasteiger partial charge in [-0.15, -0.1) is 0 Å². The second-order valence-corrected chi connectivity index (χ2v) is 13.0. The number of ether oxygens (including phenoxy) is 2. The van der Waals surface area contributed by atoms with Crippen LogP contribution in [0.15, 0.2) is 42.5 Å². The van der Waals surface area contributed by atoms with E-state index < -0.39 is 34.0 Å². The first-order valence-corrected chi connectivity index (χ1v) is 16.4. The maximum atomic E-state index is 12.8. The van der Waals surface area contributed by atoms with Gasteiger partial charge in [0.2, 0.25) is 0 Å². The number of carbonyl (C=O) groups is 2. The maximum absolute atomic E-state index is 12.8. The highest BCUT2D eigenvalue weighted by Crippen LogP contribution is 2.24. The third kappa shape index (κ3) is 9.42. The second-order valence-electron chi connectivity index (χ2n) is 11.3. The predicted octanol–water partition coefficient (Wildman–Crippen LogP) is 2.21. The van der Waals surface area contributed by atoms with Crippen LogP contribution in [0.3, 0.4) is 0 Å². The first-order valence-electron chi connectivity index (χ1n) is 14.9. The number of carboxylic acid groups (broad SMARTS) is 1. The van der Waals surface area contributed by atoms with Crippen LogP contribution in [0.1, 0.15) is 48.2 Å². The van der Waals surface area contributed by atoms with Gasteiger partial charge in [0, 0.05) is 56.2 Å². The fraction of sp³-hybridized carbons (Fsp3) is 0.469. The van der Waals surface area contributed by atoms with Gasteiger partial charge < -0.3 is 24.8 Å². The van der Waals surface area contributed by atoms with Crippen LogP contribution in [0.4, 0.5) is 5.69 Å². The molecule has 0 unspecified atom stereocenters. The molecule has 0 aliphatic carbocycles.